The quantitative estimate of drug-likeness (QED) is 0.792. The lowest BCUT2D eigenvalue weighted by Crippen LogP contribution is -2.32. The first-order valence-corrected chi connectivity index (χ1v) is 6.70. The van der Waals surface area contributed by atoms with Crippen molar-refractivity contribution in [1.82, 2.24) is 4.90 Å². The number of carbonyl (C=O) groups is 1. The van der Waals surface area contributed by atoms with Crippen molar-refractivity contribution in [3.05, 3.63) is 23.8 Å². The number of ether oxygens (including phenoxy) is 2. The van der Waals surface area contributed by atoms with E-state index in [9.17, 15) is 4.79 Å². The summed E-state index contributed by atoms with van der Waals surface area (Å²) in [6.45, 7) is 2.52. The Labute approximate surface area is 114 Å². The van der Waals surface area contributed by atoms with Crippen LogP contribution in [0.5, 0.6) is 11.5 Å². The van der Waals surface area contributed by atoms with Gasteiger partial charge in [-0.1, -0.05) is 6.92 Å². The Morgan fingerprint density at radius 2 is 2.05 bits per heavy atom. The first-order valence-electron chi connectivity index (χ1n) is 6.70. The van der Waals surface area contributed by atoms with Gasteiger partial charge in [-0.2, -0.15) is 0 Å². The smallest absolute Gasteiger partial charge is 0.222 e. The molecule has 1 amide bonds. The summed E-state index contributed by atoms with van der Waals surface area (Å²) in [5.74, 6) is 1.75. The average molecular weight is 263 g/mol. The zero-order chi connectivity index (χ0) is 13.8. The molecule has 1 aromatic rings. The Kier molecular flexibility index (Phi) is 4.30. The SMILES string of the molecule is CCC(=O)N(Cc1ccc(OC)cc1OC)C1CC1. The van der Waals surface area contributed by atoms with E-state index in [2.05, 4.69) is 0 Å². The largest absolute Gasteiger partial charge is 0.497 e. The van der Waals surface area contributed by atoms with E-state index in [1.165, 1.54) is 0 Å². The molecule has 1 aromatic carbocycles. The van der Waals surface area contributed by atoms with Crippen LogP contribution in [0.3, 0.4) is 0 Å². The van der Waals surface area contributed by atoms with Gasteiger partial charge in [-0.05, 0) is 25.0 Å². The molecule has 4 heteroatoms. The summed E-state index contributed by atoms with van der Waals surface area (Å²) in [4.78, 5) is 13.9. The van der Waals surface area contributed by atoms with Crippen molar-refractivity contribution < 1.29 is 14.3 Å². The highest BCUT2D eigenvalue weighted by Gasteiger charge is 2.32. The number of hydrogen-bond donors (Lipinski definition) is 0. The standard InChI is InChI=1S/C15H21NO3/c1-4-15(17)16(12-6-7-12)10-11-5-8-13(18-2)9-14(11)19-3/h5,8-9,12H,4,6-7,10H2,1-3H3. The van der Waals surface area contributed by atoms with Gasteiger partial charge >= 0.3 is 0 Å². The van der Waals surface area contributed by atoms with Crippen LogP contribution in [0.1, 0.15) is 31.7 Å². The Morgan fingerprint density at radius 3 is 2.58 bits per heavy atom. The number of nitrogens with zero attached hydrogens (tertiary/aromatic N) is 1. The van der Waals surface area contributed by atoms with Crippen LogP contribution in [0.4, 0.5) is 0 Å². The number of hydrogen-bond acceptors (Lipinski definition) is 3. The maximum atomic E-state index is 12.0. The van der Waals surface area contributed by atoms with Gasteiger partial charge in [0.1, 0.15) is 11.5 Å². The molecule has 1 aliphatic rings. The van der Waals surface area contributed by atoms with E-state index in [0.29, 0.717) is 19.0 Å². The van der Waals surface area contributed by atoms with Crippen molar-refractivity contribution in [2.75, 3.05) is 14.2 Å². The van der Waals surface area contributed by atoms with E-state index in [0.717, 1.165) is 29.9 Å². The lowest BCUT2D eigenvalue weighted by Gasteiger charge is -2.23. The van der Waals surface area contributed by atoms with Crippen LogP contribution >= 0.6 is 0 Å². The van der Waals surface area contributed by atoms with Gasteiger partial charge in [0, 0.05) is 30.6 Å². The van der Waals surface area contributed by atoms with Gasteiger partial charge in [-0.3, -0.25) is 4.79 Å². The number of methoxy groups -OCH3 is 2. The molecular formula is C15H21NO3. The molecule has 104 valence electrons. The second-order valence-corrected chi connectivity index (χ2v) is 4.78. The number of benzene rings is 1. The molecule has 1 saturated carbocycles. The molecule has 0 N–H and O–H groups in total. The van der Waals surface area contributed by atoms with Crippen LogP contribution in [-0.4, -0.2) is 31.1 Å². The van der Waals surface area contributed by atoms with E-state index < -0.39 is 0 Å². The maximum absolute atomic E-state index is 12.0. The van der Waals surface area contributed by atoms with E-state index in [1.807, 2.05) is 30.0 Å². The molecule has 1 fully saturated rings. The van der Waals surface area contributed by atoms with Crippen molar-refractivity contribution in [1.29, 1.82) is 0 Å². The highest BCUT2D eigenvalue weighted by molar-refractivity contribution is 5.76. The number of amides is 1. The van der Waals surface area contributed by atoms with E-state index in [-0.39, 0.29) is 5.91 Å². The minimum Gasteiger partial charge on any atom is -0.497 e. The van der Waals surface area contributed by atoms with Crippen LogP contribution in [0, 0.1) is 0 Å². The summed E-state index contributed by atoms with van der Waals surface area (Å²) >= 11 is 0. The van der Waals surface area contributed by atoms with Gasteiger partial charge in [0.15, 0.2) is 0 Å². The summed E-state index contributed by atoms with van der Waals surface area (Å²) < 4.78 is 10.6. The van der Waals surface area contributed by atoms with Crippen LogP contribution in [0.2, 0.25) is 0 Å². The minimum absolute atomic E-state index is 0.209. The van der Waals surface area contributed by atoms with Crippen molar-refractivity contribution in [3.8, 4) is 11.5 Å². The molecule has 0 unspecified atom stereocenters. The molecule has 0 bridgehead atoms. The molecule has 1 aliphatic carbocycles. The van der Waals surface area contributed by atoms with Crippen LogP contribution in [0.25, 0.3) is 0 Å². The van der Waals surface area contributed by atoms with E-state index in [1.54, 1.807) is 14.2 Å². The summed E-state index contributed by atoms with van der Waals surface area (Å²) in [6, 6.07) is 6.14. The predicted molar refractivity (Wildman–Crippen MR) is 73.4 cm³/mol. The number of rotatable bonds is 6. The average Bonchev–Trinajstić information content (AvgIpc) is 3.28. The topological polar surface area (TPSA) is 38.8 Å². The van der Waals surface area contributed by atoms with Crippen molar-refractivity contribution in [3.63, 3.8) is 0 Å². The molecule has 4 nitrogen and oxygen atoms in total. The summed E-state index contributed by atoms with van der Waals surface area (Å²) in [5, 5.41) is 0. The highest BCUT2D eigenvalue weighted by Crippen LogP contribution is 2.32. The van der Waals surface area contributed by atoms with E-state index >= 15 is 0 Å². The fourth-order valence-electron chi connectivity index (χ4n) is 2.18. The molecule has 0 saturated heterocycles. The van der Waals surface area contributed by atoms with Crippen LogP contribution < -0.4 is 9.47 Å². The monoisotopic (exact) mass is 263 g/mol. The lowest BCUT2D eigenvalue weighted by molar-refractivity contribution is -0.132. The molecule has 2 rings (SSSR count). The molecule has 19 heavy (non-hydrogen) atoms. The van der Waals surface area contributed by atoms with Gasteiger partial charge in [-0.25, -0.2) is 0 Å². The van der Waals surface area contributed by atoms with Crippen molar-refractivity contribution >= 4 is 5.91 Å². The van der Waals surface area contributed by atoms with Crippen LogP contribution in [0.15, 0.2) is 18.2 Å². The Hall–Kier alpha value is -1.71. The van der Waals surface area contributed by atoms with Gasteiger partial charge in [0.05, 0.1) is 14.2 Å². The zero-order valence-corrected chi connectivity index (χ0v) is 11.8. The minimum atomic E-state index is 0.209. The van der Waals surface area contributed by atoms with Crippen molar-refractivity contribution in [2.45, 2.75) is 38.8 Å². The second kappa shape index (κ2) is 5.95. The van der Waals surface area contributed by atoms with Crippen molar-refractivity contribution in [2.24, 2.45) is 0 Å². The molecule has 0 radical (unpaired) electrons. The zero-order valence-electron chi connectivity index (χ0n) is 11.8. The molecule has 0 aromatic heterocycles. The van der Waals surface area contributed by atoms with Gasteiger partial charge in [-0.15, -0.1) is 0 Å². The van der Waals surface area contributed by atoms with Crippen LogP contribution in [-0.2, 0) is 11.3 Å². The third-order valence-electron chi connectivity index (χ3n) is 3.45. The summed E-state index contributed by atoms with van der Waals surface area (Å²) in [5.41, 5.74) is 1.03. The first-order chi connectivity index (χ1) is 9.19. The lowest BCUT2D eigenvalue weighted by atomic mass is 10.1. The van der Waals surface area contributed by atoms with E-state index in [4.69, 9.17) is 9.47 Å². The normalized spacial score (nSPS) is 14.1. The second-order valence-electron chi connectivity index (χ2n) is 4.78. The van der Waals surface area contributed by atoms with Gasteiger partial charge in [0.25, 0.3) is 0 Å². The number of carbonyl (C=O) groups excluding carboxylic acids is 1. The molecule has 0 heterocycles. The Balaban J connectivity index is 2.18. The van der Waals surface area contributed by atoms with Gasteiger partial charge < -0.3 is 14.4 Å². The first kappa shape index (κ1) is 13.7. The highest BCUT2D eigenvalue weighted by atomic mass is 16.5. The molecular weight excluding hydrogens is 242 g/mol. The predicted octanol–water partition coefficient (Wildman–Crippen LogP) is 2.60. The molecule has 0 atom stereocenters. The molecule has 0 aliphatic heterocycles. The summed E-state index contributed by atoms with van der Waals surface area (Å²) in [7, 11) is 3.27. The Morgan fingerprint density at radius 1 is 1.32 bits per heavy atom. The third-order valence-corrected chi connectivity index (χ3v) is 3.45. The third kappa shape index (κ3) is 3.19. The van der Waals surface area contributed by atoms with Gasteiger partial charge in [0.2, 0.25) is 5.91 Å². The summed E-state index contributed by atoms with van der Waals surface area (Å²) in [6.07, 6.45) is 2.78. The fraction of sp³-hybridized carbons (Fsp3) is 0.533. The Bertz CT molecular complexity index is 455. The maximum Gasteiger partial charge on any atom is 0.222 e. The fourth-order valence-corrected chi connectivity index (χ4v) is 2.18. The molecule has 0 spiro atoms.